The van der Waals surface area contributed by atoms with Crippen LogP contribution in [0.25, 0.3) is 0 Å². The lowest BCUT2D eigenvalue weighted by atomic mass is 10.7. The van der Waals surface area contributed by atoms with Gasteiger partial charge in [0.25, 0.3) is 0 Å². The lowest BCUT2D eigenvalue weighted by molar-refractivity contribution is 0.107. The van der Waals surface area contributed by atoms with Crippen LogP contribution in [0.1, 0.15) is 27.7 Å². The van der Waals surface area contributed by atoms with E-state index in [2.05, 4.69) is 0 Å². The average Bonchev–Trinajstić information content (AvgIpc) is 2.20. The van der Waals surface area contributed by atoms with E-state index in [1.54, 1.807) is 6.08 Å². The Labute approximate surface area is 89.0 Å². The predicted molar refractivity (Wildman–Crippen MR) is 61.0 cm³/mol. The summed E-state index contributed by atoms with van der Waals surface area (Å²) in [6.07, 6.45) is 3.28. The third-order valence-corrected chi connectivity index (χ3v) is 2.92. The Morgan fingerprint density at radius 3 is 1.43 bits per heavy atom. The second kappa shape index (κ2) is 15.1. The third kappa shape index (κ3) is 14.2. The molecule has 0 aromatic carbocycles. The first-order valence-corrected chi connectivity index (χ1v) is 6.35. The second-order valence-electron chi connectivity index (χ2n) is 2.18. The van der Waals surface area contributed by atoms with Crippen molar-refractivity contribution in [3.05, 3.63) is 12.3 Å². The molecular formula is C9H23NO3Si. The molecule has 0 saturated heterocycles. The summed E-state index contributed by atoms with van der Waals surface area (Å²) in [5.74, 6) is 0. The summed E-state index contributed by atoms with van der Waals surface area (Å²) in [6, 6.07) is 0. The summed E-state index contributed by atoms with van der Waals surface area (Å²) in [7, 11) is -1.73. The van der Waals surface area contributed by atoms with Crippen LogP contribution in [0.4, 0.5) is 0 Å². The van der Waals surface area contributed by atoms with Crippen LogP contribution in [0.15, 0.2) is 12.3 Å². The first kappa shape index (κ1) is 16.1. The maximum absolute atomic E-state index is 5.22. The zero-order chi connectivity index (χ0) is 11.2. The summed E-state index contributed by atoms with van der Waals surface area (Å²) >= 11 is 0. The van der Waals surface area contributed by atoms with E-state index in [9.17, 15) is 0 Å². The van der Waals surface area contributed by atoms with Crippen LogP contribution < -0.4 is 5.73 Å². The van der Waals surface area contributed by atoms with Gasteiger partial charge in [0.05, 0.1) is 0 Å². The van der Waals surface area contributed by atoms with Gasteiger partial charge in [0.1, 0.15) is 0 Å². The number of nitrogens with two attached hydrogens (primary N) is 1. The smallest absolute Gasteiger partial charge is 0.405 e. The van der Waals surface area contributed by atoms with Gasteiger partial charge < -0.3 is 19.0 Å². The van der Waals surface area contributed by atoms with E-state index in [0.717, 1.165) is 0 Å². The normalized spacial score (nSPS) is 10.4. The molecule has 0 heterocycles. The van der Waals surface area contributed by atoms with Gasteiger partial charge in [-0.3, -0.25) is 0 Å². The first-order valence-electron chi connectivity index (χ1n) is 4.94. The highest BCUT2D eigenvalue weighted by molar-refractivity contribution is 6.36. The second-order valence-corrected chi connectivity index (χ2v) is 3.76. The molecule has 0 unspecified atom stereocenters. The van der Waals surface area contributed by atoms with Gasteiger partial charge in [-0.25, -0.2) is 0 Å². The molecule has 0 radical (unpaired) electrons. The van der Waals surface area contributed by atoms with Gasteiger partial charge in [-0.05, 0) is 33.9 Å². The molecule has 0 aliphatic heterocycles. The van der Waals surface area contributed by atoms with Gasteiger partial charge >= 0.3 is 9.53 Å². The van der Waals surface area contributed by atoms with E-state index in [1.807, 2.05) is 27.7 Å². The van der Waals surface area contributed by atoms with Crippen LogP contribution in [-0.4, -0.2) is 29.3 Å². The number of allylic oxidation sites excluding steroid dienone is 1. The summed E-state index contributed by atoms with van der Waals surface area (Å²) in [6.45, 7) is 9.73. The molecule has 86 valence electrons. The molecule has 14 heavy (non-hydrogen) atoms. The predicted octanol–water partition coefficient (Wildman–Crippen LogP) is 1.29. The summed E-state index contributed by atoms with van der Waals surface area (Å²) in [5.41, 5.74) is 4.85. The molecule has 0 rings (SSSR count). The van der Waals surface area contributed by atoms with Crippen LogP contribution in [-0.2, 0) is 13.3 Å². The van der Waals surface area contributed by atoms with Crippen molar-refractivity contribution in [2.24, 2.45) is 5.73 Å². The van der Waals surface area contributed by atoms with Crippen LogP contribution in [0.3, 0.4) is 0 Å². The Balaban J connectivity index is 0. The lowest BCUT2D eigenvalue weighted by Crippen LogP contribution is -2.27. The first-order chi connectivity index (χ1) is 6.76. The molecule has 4 nitrogen and oxygen atoms in total. The highest BCUT2D eigenvalue weighted by atomic mass is 28.3. The third-order valence-electron chi connectivity index (χ3n) is 1.10. The molecule has 2 N–H and O–H groups in total. The number of hydrogen-bond acceptors (Lipinski definition) is 4. The van der Waals surface area contributed by atoms with E-state index >= 15 is 0 Å². The van der Waals surface area contributed by atoms with Gasteiger partial charge in [-0.1, -0.05) is 6.08 Å². The topological polar surface area (TPSA) is 53.7 Å². The van der Waals surface area contributed by atoms with Crippen LogP contribution >= 0.6 is 0 Å². The fourth-order valence-corrected chi connectivity index (χ4v) is 1.66. The maximum atomic E-state index is 5.22. The molecule has 0 aliphatic carbocycles. The molecular weight excluding hydrogens is 198 g/mol. The van der Waals surface area contributed by atoms with Gasteiger partial charge in [0, 0.05) is 19.8 Å². The van der Waals surface area contributed by atoms with Crippen molar-refractivity contribution in [2.75, 3.05) is 19.8 Å². The Bertz CT molecular complexity index is 104. The highest BCUT2D eigenvalue weighted by Crippen LogP contribution is 1.90. The Morgan fingerprint density at radius 1 is 1.00 bits per heavy atom. The fraction of sp³-hybridized carbons (Fsp3) is 0.778. The fourth-order valence-electron chi connectivity index (χ4n) is 0.553. The molecule has 0 spiro atoms. The maximum Gasteiger partial charge on any atom is 0.484 e. The molecule has 0 fully saturated rings. The van der Waals surface area contributed by atoms with Crippen molar-refractivity contribution in [1.29, 1.82) is 0 Å². The summed E-state index contributed by atoms with van der Waals surface area (Å²) in [4.78, 5) is 0. The Morgan fingerprint density at radius 2 is 1.29 bits per heavy atom. The zero-order valence-electron chi connectivity index (χ0n) is 9.66. The van der Waals surface area contributed by atoms with E-state index in [-0.39, 0.29) is 0 Å². The lowest BCUT2D eigenvalue weighted by Gasteiger charge is -2.12. The minimum atomic E-state index is -1.73. The van der Waals surface area contributed by atoms with E-state index in [0.29, 0.717) is 19.8 Å². The van der Waals surface area contributed by atoms with Crippen molar-refractivity contribution >= 4 is 9.53 Å². The molecule has 0 amide bonds. The molecule has 0 atom stereocenters. The van der Waals surface area contributed by atoms with Crippen molar-refractivity contribution in [2.45, 2.75) is 27.7 Å². The quantitative estimate of drug-likeness (QED) is 0.687. The monoisotopic (exact) mass is 221 g/mol. The number of hydrogen-bond donors (Lipinski definition) is 1. The largest absolute Gasteiger partial charge is 0.484 e. The Kier molecular flexibility index (Phi) is 17.4. The van der Waals surface area contributed by atoms with Crippen molar-refractivity contribution in [3.8, 4) is 0 Å². The molecule has 0 aromatic rings. The van der Waals surface area contributed by atoms with Crippen molar-refractivity contribution < 1.29 is 13.3 Å². The van der Waals surface area contributed by atoms with E-state index < -0.39 is 9.53 Å². The zero-order valence-corrected chi connectivity index (χ0v) is 10.8. The van der Waals surface area contributed by atoms with Gasteiger partial charge in [0.15, 0.2) is 0 Å². The molecule has 5 heteroatoms. The van der Waals surface area contributed by atoms with Crippen molar-refractivity contribution in [1.82, 2.24) is 0 Å². The minimum absolute atomic E-state index is 0.677. The standard InChI is InChI=1S/C6H16O3Si.C3H7N/c1-4-7-10(8-5-2)9-6-3;1-2-3-4/h10H,4-6H2,1-3H3;2-3H,4H2,1H3. The highest BCUT2D eigenvalue weighted by Gasteiger charge is 2.11. The van der Waals surface area contributed by atoms with Crippen LogP contribution in [0.2, 0.25) is 0 Å². The SMILES string of the molecule is CC=CN.CCO[SiH](OCC)OCC. The molecule has 0 bridgehead atoms. The van der Waals surface area contributed by atoms with E-state index in [4.69, 9.17) is 19.0 Å². The molecule has 0 aromatic heterocycles. The average molecular weight is 221 g/mol. The van der Waals surface area contributed by atoms with Crippen LogP contribution in [0, 0.1) is 0 Å². The van der Waals surface area contributed by atoms with Crippen LogP contribution in [0.5, 0.6) is 0 Å². The minimum Gasteiger partial charge on any atom is -0.405 e. The van der Waals surface area contributed by atoms with E-state index in [1.165, 1.54) is 6.20 Å². The Hall–Kier alpha value is -0.363. The van der Waals surface area contributed by atoms with Crippen molar-refractivity contribution in [3.63, 3.8) is 0 Å². The summed E-state index contributed by atoms with van der Waals surface area (Å²) in [5, 5.41) is 0. The number of rotatable bonds is 6. The molecule has 0 saturated carbocycles. The summed E-state index contributed by atoms with van der Waals surface area (Å²) < 4.78 is 15.7. The van der Waals surface area contributed by atoms with Gasteiger partial charge in [-0.15, -0.1) is 0 Å². The van der Waals surface area contributed by atoms with Gasteiger partial charge in [0.2, 0.25) is 0 Å². The molecule has 0 aliphatic rings. The van der Waals surface area contributed by atoms with Gasteiger partial charge in [-0.2, -0.15) is 0 Å².